The monoisotopic (exact) mass is 458 g/mol. The molecule has 0 heterocycles. The highest BCUT2D eigenvalue weighted by Crippen LogP contribution is 2.75. The molecule has 0 aromatic rings. The van der Waals surface area contributed by atoms with Gasteiger partial charge in [0.15, 0.2) is 0 Å². The van der Waals surface area contributed by atoms with E-state index in [0.29, 0.717) is 17.8 Å². The lowest BCUT2D eigenvalue weighted by atomic mass is 9.33. The van der Waals surface area contributed by atoms with Gasteiger partial charge >= 0.3 is 0 Å². The van der Waals surface area contributed by atoms with Gasteiger partial charge in [0.1, 0.15) is 0 Å². The van der Waals surface area contributed by atoms with E-state index in [1.165, 1.54) is 19.3 Å². The second-order valence-electron chi connectivity index (χ2n) is 14.8. The topological polar surface area (TPSA) is 60.7 Å². The minimum Gasteiger partial charge on any atom is -0.396 e. The van der Waals surface area contributed by atoms with Crippen molar-refractivity contribution in [3.63, 3.8) is 0 Å². The Hall–Kier alpha value is -0.380. The van der Waals surface area contributed by atoms with Crippen molar-refractivity contribution in [2.24, 2.45) is 50.7 Å². The van der Waals surface area contributed by atoms with Crippen molar-refractivity contribution in [1.82, 2.24) is 0 Å². The molecule has 0 aromatic heterocycles. The molecule has 3 N–H and O–H groups in total. The smallest absolute Gasteiger partial charge is 0.0715 e. The molecule has 4 saturated carbocycles. The van der Waals surface area contributed by atoms with Gasteiger partial charge in [-0.3, -0.25) is 0 Å². The molecule has 0 spiro atoms. The Kier molecular flexibility index (Phi) is 5.23. The van der Waals surface area contributed by atoms with Gasteiger partial charge in [0.25, 0.3) is 0 Å². The predicted molar refractivity (Wildman–Crippen MR) is 134 cm³/mol. The fraction of sp³-hybridized carbons (Fsp3) is 0.933. The van der Waals surface area contributed by atoms with Crippen LogP contribution in [0.1, 0.15) is 106 Å². The lowest BCUT2D eigenvalue weighted by molar-refractivity contribution is -0.222. The highest BCUT2D eigenvalue weighted by molar-refractivity contribution is 5.35. The Labute approximate surface area is 202 Å². The summed E-state index contributed by atoms with van der Waals surface area (Å²) in [6.45, 7) is 16.7. The van der Waals surface area contributed by atoms with Crippen LogP contribution in [-0.2, 0) is 0 Å². The Bertz CT molecular complexity index is 843. The fourth-order valence-electron chi connectivity index (χ4n) is 10.9. The van der Waals surface area contributed by atoms with Crippen LogP contribution in [0.4, 0.5) is 0 Å². The van der Waals surface area contributed by atoms with Crippen LogP contribution in [0.2, 0.25) is 0 Å². The zero-order chi connectivity index (χ0) is 24.2. The lowest BCUT2D eigenvalue weighted by Crippen LogP contribution is -2.67. The number of allylic oxidation sites excluding steroid dienone is 1. The van der Waals surface area contributed by atoms with Crippen molar-refractivity contribution in [1.29, 1.82) is 0 Å². The van der Waals surface area contributed by atoms with Crippen molar-refractivity contribution in [3.05, 3.63) is 11.6 Å². The molecule has 33 heavy (non-hydrogen) atoms. The summed E-state index contributed by atoms with van der Waals surface area (Å²) < 4.78 is 0. The van der Waals surface area contributed by atoms with E-state index in [0.717, 1.165) is 38.5 Å². The number of hydrogen-bond donors (Lipinski definition) is 3. The SMILES string of the molecule is C[C@@H]1CC[C@]2(C)CC[C@]3(C)C(=CC[C@@H]4[C@@]5(C)CC[C@H](O)[C@@](C)(CO)[C@@H]5CC[C@]43C)[C@H]2[C@]1(C)O. The van der Waals surface area contributed by atoms with Crippen LogP contribution < -0.4 is 0 Å². The summed E-state index contributed by atoms with van der Waals surface area (Å²) in [5, 5.41) is 33.2. The first-order valence-corrected chi connectivity index (χ1v) is 13.9. The second-order valence-corrected chi connectivity index (χ2v) is 14.8. The van der Waals surface area contributed by atoms with E-state index in [1.54, 1.807) is 5.57 Å². The molecule has 11 atom stereocenters. The summed E-state index contributed by atoms with van der Waals surface area (Å²) in [5.41, 5.74) is 1.19. The summed E-state index contributed by atoms with van der Waals surface area (Å²) in [7, 11) is 0. The van der Waals surface area contributed by atoms with Crippen LogP contribution >= 0.6 is 0 Å². The third-order valence-corrected chi connectivity index (χ3v) is 13.6. The molecule has 0 aliphatic heterocycles. The summed E-state index contributed by atoms with van der Waals surface area (Å²) >= 11 is 0. The van der Waals surface area contributed by atoms with Crippen LogP contribution in [0, 0.1) is 50.7 Å². The van der Waals surface area contributed by atoms with Crippen LogP contribution in [0.25, 0.3) is 0 Å². The quantitative estimate of drug-likeness (QED) is 0.415. The summed E-state index contributed by atoms with van der Waals surface area (Å²) in [6, 6.07) is 0. The molecule has 3 heteroatoms. The van der Waals surface area contributed by atoms with E-state index < -0.39 is 17.1 Å². The highest BCUT2D eigenvalue weighted by Gasteiger charge is 2.69. The molecule has 0 unspecified atom stereocenters. The molecular weight excluding hydrogens is 408 g/mol. The third kappa shape index (κ3) is 2.80. The molecule has 4 fully saturated rings. The molecule has 5 aliphatic rings. The molecule has 5 rings (SSSR count). The molecule has 0 saturated heterocycles. The first-order chi connectivity index (χ1) is 15.2. The van der Waals surface area contributed by atoms with Crippen LogP contribution in [0.3, 0.4) is 0 Å². The maximum Gasteiger partial charge on any atom is 0.0715 e. The van der Waals surface area contributed by atoms with Gasteiger partial charge in [0, 0.05) is 11.3 Å². The number of fused-ring (bicyclic) bond motifs is 7. The third-order valence-electron chi connectivity index (χ3n) is 13.6. The largest absolute Gasteiger partial charge is 0.396 e. The van der Waals surface area contributed by atoms with E-state index in [9.17, 15) is 15.3 Å². The van der Waals surface area contributed by atoms with Crippen molar-refractivity contribution < 1.29 is 15.3 Å². The predicted octanol–water partition coefficient (Wildman–Crippen LogP) is 6.11. The van der Waals surface area contributed by atoms with E-state index in [-0.39, 0.29) is 34.2 Å². The van der Waals surface area contributed by atoms with Gasteiger partial charge < -0.3 is 15.3 Å². The van der Waals surface area contributed by atoms with E-state index in [2.05, 4.69) is 54.5 Å². The van der Waals surface area contributed by atoms with Gasteiger partial charge in [0.2, 0.25) is 0 Å². The van der Waals surface area contributed by atoms with Gasteiger partial charge in [-0.05, 0) is 104 Å². The number of hydrogen-bond acceptors (Lipinski definition) is 3. The number of aliphatic hydroxyl groups excluding tert-OH is 2. The van der Waals surface area contributed by atoms with Crippen molar-refractivity contribution in [2.75, 3.05) is 6.61 Å². The second kappa shape index (κ2) is 7.10. The average Bonchev–Trinajstić information content (AvgIpc) is 2.75. The Morgan fingerprint density at radius 1 is 0.879 bits per heavy atom. The Morgan fingerprint density at radius 2 is 1.58 bits per heavy atom. The fourth-order valence-corrected chi connectivity index (χ4v) is 10.9. The number of rotatable bonds is 1. The zero-order valence-electron chi connectivity index (χ0n) is 22.4. The summed E-state index contributed by atoms with van der Waals surface area (Å²) in [6.07, 6.45) is 12.2. The van der Waals surface area contributed by atoms with E-state index in [4.69, 9.17) is 0 Å². The molecule has 188 valence electrons. The van der Waals surface area contributed by atoms with Crippen LogP contribution in [0.5, 0.6) is 0 Å². The molecule has 5 aliphatic carbocycles. The van der Waals surface area contributed by atoms with Gasteiger partial charge in [-0.15, -0.1) is 0 Å². The van der Waals surface area contributed by atoms with Crippen molar-refractivity contribution in [2.45, 2.75) is 118 Å². The standard InChI is InChI=1S/C30H50O3/c1-19-10-13-25(2)16-17-28(5)20(24(25)30(19,7)33)8-9-22-26(3)14-12-23(32)27(4,18-31)21(26)11-15-29(22,28)6/h8,19,21-24,31-33H,9-18H2,1-7H3/t19-,21-,22-,23+,24-,25-,26+,27+,28-,29-,30-/m1/s1. The summed E-state index contributed by atoms with van der Waals surface area (Å²) in [4.78, 5) is 0. The average molecular weight is 459 g/mol. The Morgan fingerprint density at radius 3 is 2.24 bits per heavy atom. The minimum atomic E-state index is -0.644. The normalized spacial score (nSPS) is 60.7. The maximum atomic E-state index is 11.9. The molecule has 0 bridgehead atoms. The van der Waals surface area contributed by atoms with E-state index in [1.807, 2.05) is 0 Å². The van der Waals surface area contributed by atoms with Crippen molar-refractivity contribution >= 4 is 0 Å². The molecule has 3 nitrogen and oxygen atoms in total. The van der Waals surface area contributed by atoms with Crippen molar-refractivity contribution in [3.8, 4) is 0 Å². The number of aliphatic hydroxyl groups is 3. The molecular formula is C30H50O3. The van der Waals surface area contributed by atoms with Gasteiger partial charge in [-0.2, -0.15) is 0 Å². The van der Waals surface area contributed by atoms with Gasteiger partial charge in [0.05, 0.1) is 18.3 Å². The zero-order valence-corrected chi connectivity index (χ0v) is 22.4. The van der Waals surface area contributed by atoms with Crippen LogP contribution in [0.15, 0.2) is 11.6 Å². The lowest BCUT2D eigenvalue weighted by Gasteiger charge is -2.72. The first kappa shape index (κ1) is 24.3. The summed E-state index contributed by atoms with van der Waals surface area (Å²) in [5.74, 6) is 1.52. The first-order valence-electron chi connectivity index (χ1n) is 13.9. The maximum absolute atomic E-state index is 11.9. The van der Waals surface area contributed by atoms with Gasteiger partial charge in [-0.1, -0.05) is 53.2 Å². The Balaban J connectivity index is 1.61. The minimum absolute atomic E-state index is 0.0808. The van der Waals surface area contributed by atoms with Crippen LogP contribution in [-0.4, -0.2) is 33.6 Å². The molecule has 0 aromatic carbocycles. The van der Waals surface area contributed by atoms with Gasteiger partial charge in [-0.25, -0.2) is 0 Å². The van der Waals surface area contributed by atoms with E-state index >= 15 is 0 Å². The molecule has 0 radical (unpaired) electrons. The molecule has 0 amide bonds. The highest BCUT2D eigenvalue weighted by atomic mass is 16.3.